The van der Waals surface area contributed by atoms with Crippen molar-refractivity contribution in [2.75, 3.05) is 11.9 Å². The van der Waals surface area contributed by atoms with Crippen molar-refractivity contribution in [3.8, 4) is 0 Å². The number of aryl methyl sites for hydroxylation is 2. The van der Waals surface area contributed by atoms with E-state index in [4.69, 9.17) is 5.73 Å². The molecule has 2 heterocycles. The third-order valence-electron chi connectivity index (χ3n) is 3.19. The molecule has 0 aliphatic carbocycles. The number of anilines is 1. The maximum atomic E-state index is 11.6. The topological polar surface area (TPSA) is 71.5 Å². The monoisotopic (exact) mass is 223 g/mol. The number of hydrogen-bond donors (Lipinski definition) is 2. The number of aliphatic hydroxyl groups excluding tert-OH is 1. The first-order valence-corrected chi connectivity index (χ1v) is 5.36. The highest BCUT2D eigenvalue weighted by atomic mass is 16.3. The SMILES string of the molecule is CN1c2cc(=O)n(C)cc2CCC(N)C1O. The van der Waals surface area contributed by atoms with E-state index < -0.39 is 6.23 Å². The van der Waals surface area contributed by atoms with Gasteiger partial charge in [-0.15, -0.1) is 0 Å². The summed E-state index contributed by atoms with van der Waals surface area (Å²) in [5, 5.41) is 9.93. The number of pyridine rings is 1. The Kier molecular flexibility index (Phi) is 2.73. The summed E-state index contributed by atoms with van der Waals surface area (Å²) in [5.74, 6) is 0. The molecule has 2 atom stereocenters. The predicted octanol–water partition coefficient (Wildman–Crippen LogP) is -0.587. The quantitative estimate of drug-likeness (QED) is 0.617. The Hall–Kier alpha value is -1.33. The summed E-state index contributed by atoms with van der Waals surface area (Å²) in [6.45, 7) is 0. The van der Waals surface area contributed by atoms with Crippen molar-refractivity contribution in [3.05, 3.63) is 28.2 Å². The van der Waals surface area contributed by atoms with Gasteiger partial charge in [-0.05, 0) is 18.4 Å². The molecule has 88 valence electrons. The lowest BCUT2D eigenvalue weighted by Gasteiger charge is -2.27. The van der Waals surface area contributed by atoms with Gasteiger partial charge in [0.05, 0.1) is 0 Å². The molecule has 0 radical (unpaired) electrons. The zero-order valence-electron chi connectivity index (χ0n) is 9.55. The first-order chi connectivity index (χ1) is 7.50. The molecule has 0 saturated carbocycles. The van der Waals surface area contributed by atoms with Crippen molar-refractivity contribution in [2.24, 2.45) is 12.8 Å². The lowest BCUT2D eigenvalue weighted by Crippen LogP contribution is -2.45. The van der Waals surface area contributed by atoms with Gasteiger partial charge in [-0.25, -0.2) is 0 Å². The second-order valence-electron chi connectivity index (χ2n) is 4.36. The second kappa shape index (κ2) is 3.92. The molecule has 0 aromatic carbocycles. The summed E-state index contributed by atoms with van der Waals surface area (Å²) in [6.07, 6.45) is 2.59. The van der Waals surface area contributed by atoms with Gasteiger partial charge in [0.1, 0.15) is 6.23 Å². The maximum absolute atomic E-state index is 11.6. The number of nitrogens with two attached hydrogens (primary N) is 1. The first kappa shape index (κ1) is 11.2. The Morgan fingerprint density at radius 1 is 1.50 bits per heavy atom. The number of fused-ring (bicyclic) bond motifs is 1. The van der Waals surface area contributed by atoms with E-state index in [9.17, 15) is 9.90 Å². The summed E-state index contributed by atoms with van der Waals surface area (Å²) >= 11 is 0. The van der Waals surface area contributed by atoms with E-state index in [0.717, 1.165) is 24.1 Å². The van der Waals surface area contributed by atoms with Crippen LogP contribution in [0, 0.1) is 0 Å². The van der Waals surface area contributed by atoms with E-state index in [1.165, 1.54) is 0 Å². The van der Waals surface area contributed by atoms with E-state index in [1.54, 1.807) is 29.6 Å². The van der Waals surface area contributed by atoms with Gasteiger partial charge >= 0.3 is 0 Å². The van der Waals surface area contributed by atoms with Gasteiger partial charge < -0.3 is 20.3 Å². The first-order valence-electron chi connectivity index (χ1n) is 5.36. The van der Waals surface area contributed by atoms with E-state index in [-0.39, 0.29) is 11.6 Å². The summed E-state index contributed by atoms with van der Waals surface area (Å²) in [6, 6.07) is 1.27. The van der Waals surface area contributed by atoms with Crippen LogP contribution in [-0.2, 0) is 13.5 Å². The Labute approximate surface area is 94.1 Å². The zero-order valence-corrected chi connectivity index (χ0v) is 9.55. The van der Waals surface area contributed by atoms with Crippen LogP contribution < -0.4 is 16.2 Å². The van der Waals surface area contributed by atoms with Gasteiger partial charge in [0.25, 0.3) is 5.56 Å². The molecule has 16 heavy (non-hydrogen) atoms. The number of nitrogens with zero attached hydrogens (tertiary/aromatic N) is 2. The molecular formula is C11H17N3O2. The van der Waals surface area contributed by atoms with Gasteiger partial charge in [-0.2, -0.15) is 0 Å². The van der Waals surface area contributed by atoms with E-state index in [2.05, 4.69) is 0 Å². The largest absolute Gasteiger partial charge is 0.372 e. The minimum atomic E-state index is -0.728. The van der Waals surface area contributed by atoms with Crippen molar-refractivity contribution in [3.63, 3.8) is 0 Å². The van der Waals surface area contributed by atoms with E-state index in [1.807, 2.05) is 6.20 Å². The molecule has 5 heteroatoms. The molecule has 0 spiro atoms. The Morgan fingerprint density at radius 2 is 2.19 bits per heavy atom. The Balaban J connectivity index is 2.53. The molecule has 2 rings (SSSR count). The molecular weight excluding hydrogens is 206 g/mol. The van der Waals surface area contributed by atoms with Crippen molar-refractivity contribution in [1.82, 2.24) is 4.57 Å². The van der Waals surface area contributed by atoms with Gasteiger partial charge in [0.2, 0.25) is 0 Å². The summed E-state index contributed by atoms with van der Waals surface area (Å²) in [4.78, 5) is 13.2. The van der Waals surface area contributed by atoms with Gasteiger partial charge in [-0.1, -0.05) is 0 Å². The normalized spacial score (nSPS) is 25.1. The Morgan fingerprint density at radius 3 is 2.88 bits per heavy atom. The molecule has 0 bridgehead atoms. The molecule has 1 aliphatic heterocycles. The minimum absolute atomic E-state index is 0.0757. The molecule has 5 nitrogen and oxygen atoms in total. The van der Waals surface area contributed by atoms with Gasteiger partial charge in [0.15, 0.2) is 0 Å². The summed E-state index contributed by atoms with van der Waals surface area (Å²) in [5.41, 5.74) is 7.61. The summed E-state index contributed by atoms with van der Waals surface area (Å²) in [7, 11) is 3.48. The van der Waals surface area contributed by atoms with Crippen LogP contribution >= 0.6 is 0 Å². The smallest absolute Gasteiger partial charge is 0.252 e. The van der Waals surface area contributed by atoms with Crippen LogP contribution in [0.15, 0.2) is 17.1 Å². The number of aromatic nitrogens is 1. The average molecular weight is 223 g/mol. The second-order valence-corrected chi connectivity index (χ2v) is 4.36. The maximum Gasteiger partial charge on any atom is 0.252 e. The van der Waals surface area contributed by atoms with Crippen LogP contribution in [0.1, 0.15) is 12.0 Å². The number of rotatable bonds is 0. The molecule has 0 fully saturated rings. The highest BCUT2D eigenvalue weighted by Gasteiger charge is 2.26. The fraction of sp³-hybridized carbons (Fsp3) is 0.545. The van der Waals surface area contributed by atoms with Crippen molar-refractivity contribution in [1.29, 1.82) is 0 Å². The molecule has 2 unspecified atom stereocenters. The highest BCUT2D eigenvalue weighted by molar-refractivity contribution is 5.53. The fourth-order valence-corrected chi connectivity index (χ4v) is 2.10. The fourth-order valence-electron chi connectivity index (χ4n) is 2.10. The number of hydrogen-bond acceptors (Lipinski definition) is 4. The highest BCUT2D eigenvalue weighted by Crippen LogP contribution is 2.25. The predicted molar refractivity (Wildman–Crippen MR) is 62.4 cm³/mol. The summed E-state index contributed by atoms with van der Waals surface area (Å²) < 4.78 is 1.55. The van der Waals surface area contributed by atoms with Crippen LogP contribution in [0.4, 0.5) is 5.69 Å². The van der Waals surface area contributed by atoms with Crippen LogP contribution in [0.5, 0.6) is 0 Å². The number of likely N-dealkylation sites (N-methyl/N-ethyl adjacent to an activating group) is 1. The molecule has 1 aromatic rings. The zero-order chi connectivity index (χ0) is 11.9. The van der Waals surface area contributed by atoms with Crippen molar-refractivity contribution in [2.45, 2.75) is 25.1 Å². The third-order valence-corrected chi connectivity index (χ3v) is 3.19. The average Bonchev–Trinajstić information content (AvgIpc) is 2.35. The molecule has 0 amide bonds. The van der Waals surface area contributed by atoms with Crippen molar-refractivity contribution < 1.29 is 5.11 Å². The number of aliphatic hydroxyl groups is 1. The van der Waals surface area contributed by atoms with Crippen LogP contribution in [0.3, 0.4) is 0 Å². The molecule has 1 aromatic heterocycles. The van der Waals surface area contributed by atoms with Crippen LogP contribution in [0.2, 0.25) is 0 Å². The molecule has 0 saturated heterocycles. The van der Waals surface area contributed by atoms with E-state index >= 15 is 0 Å². The van der Waals surface area contributed by atoms with Gasteiger partial charge in [0, 0.05) is 38.1 Å². The van der Waals surface area contributed by atoms with Crippen LogP contribution in [0.25, 0.3) is 0 Å². The Bertz CT molecular complexity index is 455. The van der Waals surface area contributed by atoms with Crippen LogP contribution in [-0.4, -0.2) is 29.0 Å². The lowest BCUT2D eigenvalue weighted by atomic mass is 10.1. The lowest BCUT2D eigenvalue weighted by molar-refractivity contribution is 0.143. The van der Waals surface area contributed by atoms with E-state index in [0.29, 0.717) is 0 Å². The van der Waals surface area contributed by atoms with Crippen molar-refractivity contribution >= 4 is 5.69 Å². The molecule has 1 aliphatic rings. The molecule has 3 N–H and O–H groups in total. The van der Waals surface area contributed by atoms with Gasteiger partial charge in [-0.3, -0.25) is 4.79 Å². The standard InChI is InChI=1S/C11H17N3O2/c1-13-6-7-3-4-8(12)11(16)14(2)9(7)5-10(13)15/h5-6,8,11,16H,3-4,12H2,1-2H3. The third kappa shape index (κ3) is 1.72. The minimum Gasteiger partial charge on any atom is -0.372 e.